The lowest BCUT2D eigenvalue weighted by Crippen LogP contribution is -2.50. The summed E-state index contributed by atoms with van der Waals surface area (Å²) in [5.74, 6) is -0.343. The molecular weight excluding hydrogens is 468 g/mol. The number of allylic oxidation sites excluding steroid dienone is 5. The molecule has 1 aromatic rings. The Bertz CT molecular complexity index is 1360. The highest BCUT2D eigenvalue weighted by Crippen LogP contribution is 2.35. The molecule has 1 aromatic heterocycles. The highest BCUT2D eigenvalue weighted by atomic mass is 79.9. The molecule has 5 rings (SSSR count). The van der Waals surface area contributed by atoms with Crippen LogP contribution in [-0.2, 0) is 9.53 Å². The molecule has 5 heterocycles. The minimum Gasteiger partial charge on any atom is -0.458 e. The number of hydrogen-bond donors (Lipinski definition) is 2. The summed E-state index contributed by atoms with van der Waals surface area (Å²) in [4.78, 5) is 26.1. The maximum Gasteiger partial charge on any atom is 0.336 e. The molecule has 2 N–H and O–H groups in total. The van der Waals surface area contributed by atoms with Crippen LogP contribution in [0.15, 0.2) is 80.1 Å². The zero-order valence-corrected chi connectivity index (χ0v) is 19.7. The summed E-state index contributed by atoms with van der Waals surface area (Å²) in [6.07, 6.45) is 16.0. The van der Waals surface area contributed by atoms with Crippen molar-refractivity contribution in [3.05, 3.63) is 80.9 Å². The van der Waals surface area contributed by atoms with Gasteiger partial charge >= 0.3 is 5.97 Å². The van der Waals surface area contributed by atoms with Crippen molar-refractivity contribution >= 4 is 45.5 Å². The van der Waals surface area contributed by atoms with E-state index in [1.807, 2.05) is 81.5 Å². The van der Waals surface area contributed by atoms with E-state index in [0.717, 1.165) is 38.0 Å². The smallest absolute Gasteiger partial charge is 0.336 e. The van der Waals surface area contributed by atoms with Crippen LogP contribution in [0.3, 0.4) is 0 Å². The molecule has 1 unspecified atom stereocenters. The summed E-state index contributed by atoms with van der Waals surface area (Å²) in [5, 5.41) is 5.30. The molecule has 7 heteroatoms. The fourth-order valence-electron chi connectivity index (χ4n) is 3.85. The van der Waals surface area contributed by atoms with Crippen LogP contribution in [0.5, 0.6) is 0 Å². The molecule has 8 bridgehead atoms. The Morgan fingerprint density at radius 3 is 2.47 bits per heavy atom. The van der Waals surface area contributed by atoms with Crippen LogP contribution in [0.25, 0.3) is 12.2 Å². The number of carbonyl (C=O) groups is 1. The quantitative estimate of drug-likeness (QED) is 0.593. The van der Waals surface area contributed by atoms with Crippen molar-refractivity contribution in [2.24, 2.45) is 9.98 Å². The lowest BCUT2D eigenvalue weighted by Gasteiger charge is -2.30. The van der Waals surface area contributed by atoms with E-state index in [9.17, 15) is 4.79 Å². The van der Waals surface area contributed by atoms with Gasteiger partial charge in [0.1, 0.15) is 5.60 Å². The number of hydrogen-bond acceptors (Lipinski definition) is 5. The van der Waals surface area contributed by atoms with E-state index in [-0.39, 0.29) is 5.97 Å². The first-order chi connectivity index (χ1) is 15.2. The summed E-state index contributed by atoms with van der Waals surface area (Å²) < 4.78 is 6.57. The summed E-state index contributed by atoms with van der Waals surface area (Å²) in [5.41, 5.74) is 2.27. The number of aromatic nitrogens is 1. The Morgan fingerprint density at radius 2 is 1.75 bits per heavy atom. The Morgan fingerprint density at radius 1 is 1.06 bits per heavy atom. The van der Waals surface area contributed by atoms with Gasteiger partial charge in [-0.05, 0) is 91.4 Å². The van der Waals surface area contributed by atoms with Crippen LogP contribution in [-0.4, -0.2) is 33.5 Å². The number of carbonyl (C=O) groups excluding carboxylic acids is 1. The van der Waals surface area contributed by atoms with Crippen LogP contribution in [0.1, 0.15) is 27.2 Å². The standard InChI is InChI=1S/C25H23BrN4O2/c1-24(2,3)32-23(31)25-11-10-21(30-25)22(26)20-9-8-18(29-20)13-16-5-4-15(27-16)12-17-6-7-19(14-25)28-17/h4-10,12-14,27,30H,11H2,1-3H3. The summed E-state index contributed by atoms with van der Waals surface area (Å²) >= 11 is 3.68. The normalized spacial score (nSPS) is 23.6. The number of fused-ring (bicyclic) bond motifs is 6. The van der Waals surface area contributed by atoms with Gasteiger partial charge in [0.25, 0.3) is 0 Å². The third kappa shape index (κ3) is 4.00. The van der Waals surface area contributed by atoms with Crippen molar-refractivity contribution in [1.29, 1.82) is 0 Å². The molecular formula is C25H23BrN4O2. The van der Waals surface area contributed by atoms with Crippen LogP contribution >= 0.6 is 15.9 Å². The first kappa shape index (κ1) is 20.7. The molecule has 0 radical (unpaired) electrons. The molecule has 162 valence electrons. The van der Waals surface area contributed by atoms with E-state index >= 15 is 0 Å². The van der Waals surface area contributed by atoms with E-state index in [1.54, 1.807) is 0 Å². The molecule has 0 amide bonds. The van der Waals surface area contributed by atoms with Gasteiger partial charge in [-0.25, -0.2) is 14.8 Å². The second-order valence-corrected chi connectivity index (χ2v) is 9.88. The van der Waals surface area contributed by atoms with Crippen LogP contribution in [0, 0.1) is 0 Å². The maximum atomic E-state index is 13.3. The Hall–Kier alpha value is -3.19. The fourth-order valence-corrected chi connectivity index (χ4v) is 4.33. The lowest BCUT2D eigenvalue weighted by molar-refractivity contribution is -0.160. The number of H-pyrrole nitrogens is 1. The van der Waals surface area contributed by atoms with Gasteiger partial charge in [-0.15, -0.1) is 0 Å². The van der Waals surface area contributed by atoms with E-state index in [1.165, 1.54) is 0 Å². The van der Waals surface area contributed by atoms with Gasteiger partial charge in [-0.2, -0.15) is 0 Å². The summed E-state index contributed by atoms with van der Waals surface area (Å²) in [6, 6.07) is 4.01. The number of nitrogens with zero attached hydrogens (tertiary/aromatic N) is 2. The third-order valence-electron chi connectivity index (χ3n) is 5.29. The molecule has 32 heavy (non-hydrogen) atoms. The molecule has 1 atom stereocenters. The van der Waals surface area contributed by atoms with Crippen molar-refractivity contribution < 1.29 is 9.53 Å². The number of aliphatic imine (C=N–C) groups is 2. The van der Waals surface area contributed by atoms with Gasteiger partial charge in [0.15, 0.2) is 5.54 Å². The van der Waals surface area contributed by atoms with E-state index in [0.29, 0.717) is 12.1 Å². The highest BCUT2D eigenvalue weighted by Gasteiger charge is 2.44. The largest absolute Gasteiger partial charge is 0.458 e. The number of ether oxygens (including phenoxy) is 1. The van der Waals surface area contributed by atoms with Gasteiger partial charge in [0, 0.05) is 22.8 Å². The lowest BCUT2D eigenvalue weighted by atomic mass is 9.95. The summed E-state index contributed by atoms with van der Waals surface area (Å²) in [6.45, 7) is 5.60. The molecule has 0 saturated carbocycles. The zero-order chi connectivity index (χ0) is 22.5. The van der Waals surface area contributed by atoms with Gasteiger partial charge in [0.05, 0.1) is 27.3 Å². The van der Waals surface area contributed by atoms with Crippen molar-refractivity contribution in [3.63, 3.8) is 0 Å². The average molecular weight is 491 g/mol. The number of nitrogens with one attached hydrogen (secondary N) is 2. The van der Waals surface area contributed by atoms with E-state index in [4.69, 9.17) is 14.7 Å². The third-order valence-corrected chi connectivity index (χ3v) is 6.12. The molecule has 0 aliphatic carbocycles. The number of halogens is 1. The minimum atomic E-state index is -1.06. The van der Waals surface area contributed by atoms with E-state index in [2.05, 4.69) is 26.2 Å². The van der Waals surface area contributed by atoms with Crippen molar-refractivity contribution in [3.8, 4) is 0 Å². The van der Waals surface area contributed by atoms with E-state index < -0.39 is 11.1 Å². The monoisotopic (exact) mass is 490 g/mol. The molecule has 0 aromatic carbocycles. The first-order valence-corrected chi connectivity index (χ1v) is 11.3. The van der Waals surface area contributed by atoms with Crippen LogP contribution < -0.4 is 16.0 Å². The molecule has 4 aliphatic heterocycles. The zero-order valence-electron chi connectivity index (χ0n) is 18.1. The van der Waals surface area contributed by atoms with Gasteiger partial charge in [0.2, 0.25) is 0 Å². The highest BCUT2D eigenvalue weighted by molar-refractivity contribution is 9.12. The van der Waals surface area contributed by atoms with Crippen molar-refractivity contribution in [1.82, 2.24) is 10.3 Å². The van der Waals surface area contributed by atoms with Gasteiger partial charge < -0.3 is 15.0 Å². The predicted octanol–water partition coefficient (Wildman–Crippen LogP) is 3.06. The van der Waals surface area contributed by atoms with Crippen LogP contribution in [0.4, 0.5) is 0 Å². The molecule has 0 spiro atoms. The number of esters is 1. The summed E-state index contributed by atoms with van der Waals surface area (Å²) in [7, 11) is 0. The Balaban J connectivity index is 1.66. The second kappa shape index (κ2) is 7.45. The maximum absolute atomic E-state index is 13.3. The molecule has 4 aliphatic rings. The first-order valence-electron chi connectivity index (χ1n) is 10.5. The Kier molecular flexibility index (Phi) is 4.82. The van der Waals surface area contributed by atoms with Crippen molar-refractivity contribution in [2.75, 3.05) is 0 Å². The Labute approximate surface area is 194 Å². The van der Waals surface area contributed by atoms with Crippen molar-refractivity contribution in [2.45, 2.75) is 38.3 Å². The predicted molar refractivity (Wildman–Crippen MR) is 131 cm³/mol. The average Bonchev–Trinajstić information content (AvgIpc) is 3.49. The molecule has 0 fully saturated rings. The fraction of sp³-hybridized carbons (Fsp3) is 0.240. The van der Waals surface area contributed by atoms with Crippen LogP contribution in [0.2, 0.25) is 0 Å². The van der Waals surface area contributed by atoms with Gasteiger partial charge in [-0.1, -0.05) is 6.08 Å². The number of aromatic amines is 1. The topological polar surface area (TPSA) is 78.8 Å². The number of rotatable bonds is 1. The molecule has 6 nitrogen and oxygen atoms in total. The van der Waals surface area contributed by atoms with Gasteiger partial charge in [-0.3, -0.25) is 0 Å². The SMILES string of the molecule is CC(C)(C)OC(=O)C12C=C3C=CC(=N3)C=c3ccc([nH]3)=CC3=NC(=C(Br)C(=CC1)N2)C=C3. The second-order valence-electron chi connectivity index (χ2n) is 9.09. The molecule has 0 saturated heterocycles. The minimum absolute atomic E-state index is 0.343.